The standard InChI is InChI=1S/C13H20N2/c1-11-4-3-5-13(10-11)15(2)9-8-14-12-6-7-12/h3-5,10,12,14H,6-9H2,1-2H3. The fourth-order valence-corrected chi connectivity index (χ4v) is 1.72. The van der Waals surface area contributed by atoms with Gasteiger partial charge in [-0.05, 0) is 37.5 Å². The third kappa shape index (κ3) is 3.24. The maximum Gasteiger partial charge on any atom is 0.0366 e. The number of likely N-dealkylation sites (N-methyl/N-ethyl adjacent to an activating group) is 1. The lowest BCUT2D eigenvalue weighted by molar-refractivity contribution is 0.675. The van der Waals surface area contributed by atoms with Crippen molar-refractivity contribution in [3.63, 3.8) is 0 Å². The predicted octanol–water partition coefficient (Wildman–Crippen LogP) is 2.18. The van der Waals surface area contributed by atoms with Crippen LogP contribution in [0, 0.1) is 6.92 Å². The van der Waals surface area contributed by atoms with Crippen LogP contribution in [-0.2, 0) is 0 Å². The molecule has 0 radical (unpaired) electrons. The number of benzene rings is 1. The first-order chi connectivity index (χ1) is 7.25. The number of rotatable bonds is 5. The predicted molar refractivity (Wildman–Crippen MR) is 65.5 cm³/mol. The van der Waals surface area contributed by atoms with Crippen LogP contribution < -0.4 is 10.2 Å². The highest BCUT2D eigenvalue weighted by Gasteiger charge is 2.19. The zero-order valence-corrected chi connectivity index (χ0v) is 9.66. The fourth-order valence-electron chi connectivity index (χ4n) is 1.72. The number of anilines is 1. The molecule has 0 aromatic heterocycles. The van der Waals surface area contributed by atoms with Gasteiger partial charge in [0.1, 0.15) is 0 Å². The summed E-state index contributed by atoms with van der Waals surface area (Å²) < 4.78 is 0. The van der Waals surface area contributed by atoms with E-state index in [1.165, 1.54) is 24.1 Å². The quantitative estimate of drug-likeness (QED) is 0.791. The topological polar surface area (TPSA) is 15.3 Å². The van der Waals surface area contributed by atoms with Crippen molar-refractivity contribution in [3.8, 4) is 0 Å². The summed E-state index contributed by atoms with van der Waals surface area (Å²) in [5.74, 6) is 0. The van der Waals surface area contributed by atoms with Gasteiger partial charge in [-0.15, -0.1) is 0 Å². The summed E-state index contributed by atoms with van der Waals surface area (Å²) >= 11 is 0. The molecule has 0 aliphatic heterocycles. The Balaban J connectivity index is 1.80. The Morgan fingerprint density at radius 2 is 2.20 bits per heavy atom. The van der Waals surface area contributed by atoms with Crippen LogP contribution in [0.5, 0.6) is 0 Å². The summed E-state index contributed by atoms with van der Waals surface area (Å²) in [5, 5.41) is 3.53. The van der Waals surface area contributed by atoms with Crippen molar-refractivity contribution < 1.29 is 0 Å². The molecule has 2 heteroatoms. The van der Waals surface area contributed by atoms with Crippen molar-refractivity contribution in [1.29, 1.82) is 0 Å². The lowest BCUT2D eigenvalue weighted by Crippen LogP contribution is -2.30. The van der Waals surface area contributed by atoms with Gasteiger partial charge in [0.15, 0.2) is 0 Å². The van der Waals surface area contributed by atoms with E-state index in [2.05, 4.69) is 48.5 Å². The molecule has 15 heavy (non-hydrogen) atoms. The van der Waals surface area contributed by atoms with Gasteiger partial charge in [-0.1, -0.05) is 12.1 Å². The van der Waals surface area contributed by atoms with Gasteiger partial charge in [0.25, 0.3) is 0 Å². The molecule has 2 rings (SSSR count). The first kappa shape index (κ1) is 10.5. The maximum atomic E-state index is 3.53. The maximum absolute atomic E-state index is 3.53. The van der Waals surface area contributed by atoms with Crippen molar-refractivity contribution >= 4 is 5.69 Å². The lowest BCUT2D eigenvalue weighted by Gasteiger charge is -2.19. The number of nitrogens with one attached hydrogen (secondary N) is 1. The molecule has 0 saturated heterocycles. The molecule has 0 unspecified atom stereocenters. The smallest absolute Gasteiger partial charge is 0.0366 e. The summed E-state index contributed by atoms with van der Waals surface area (Å²) in [5.41, 5.74) is 2.64. The molecule has 1 aromatic rings. The average Bonchev–Trinajstić information content (AvgIpc) is 3.01. The van der Waals surface area contributed by atoms with Crippen LogP contribution in [0.1, 0.15) is 18.4 Å². The van der Waals surface area contributed by atoms with Gasteiger partial charge in [-0.25, -0.2) is 0 Å². The molecule has 0 bridgehead atoms. The third-order valence-corrected chi connectivity index (χ3v) is 2.90. The normalized spacial score (nSPS) is 15.3. The van der Waals surface area contributed by atoms with Crippen LogP contribution in [0.3, 0.4) is 0 Å². The van der Waals surface area contributed by atoms with Crippen molar-refractivity contribution in [3.05, 3.63) is 29.8 Å². The van der Waals surface area contributed by atoms with Crippen molar-refractivity contribution in [2.24, 2.45) is 0 Å². The summed E-state index contributed by atoms with van der Waals surface area (Å²) in [4.78, 5) is 2.31. The monoisotopic (exact) mass is 204 g/mol. The van der Waals surface area contributed by atoms with Gasteiger partial charge in [-0.3, -0.25) is 0 Å². The molecule has 1 fully saturated rings. The Morgan fingerprint density at radius 3 is 2.87 bits per heavy atom. The fraction of sp³-hybridized carbons (Fsp3) is 0.538. The first-order valence-electron chi connectivity index (χ1n) is 5.77. The van der Waals surface area contributed by atoms with Gasteiger partial charge in [0.2, 0.25) is 0 Å². The summed E-state index contributed by atoms with van der Waals surface area (Å²) in [6, 6.07) is 9.48. The van der Waals surface area contributed by atoms with Crippen LogP contribution in [0.15, 0.2) is 24.3 Å². The molecule has 0 spiro atoms. The SMILES string of the molecule is Cc1cccc(N(C)CCNC2CC2)c1. The second-order valence-electron chi connectivity index (χ2n) is 4.49. The second kappa shape index (κ2) is 4.67. The lowest BCUT2D eigenvalue weighted by atomic mass is 10.2. The zero-order valence-electron chi connectivity index (χ0n) is 9.66. The minimum Gasteiger partial charge on any atom is -0.373 e. The molecule has 0 amide bonds. The molecule has 1 aromatic carbocycles. The Morgan fingerprint density at radius 1 is 1.40 bits per heavy atom. The Bertz CT molecular complexity index is 318. The molecule has 2 nitrogen and oxygen atoms in total. The number of aryl methyl sites for hydroxylation is 1. The molecule has 0 heterocycles. The number of hydrogen-bond acceptors (Lipinski definition) is 2. The minimum atomic E-state index is 0.816. The van der Waals surface area contributed by atoms with E-state index in [1.54, 1.807) is 0 Å². The van der Waals surface area contributed by atoms with E-state index in [4.69, 9.17) is 0 Å². The van der Waals surface area contributed by atoms with E-state index in [1.807, 2.05) is 0 Å². The largest absolute Gasteiger partial charge is 0.373 e. The van der Waals surface area contributed by atoms with Crippen LogP contribution in [0.2, 0.25) is 0 Å². The van der Waals surface area contributed by atoms with Crippen molar-refractivity contribution in [2.45, 2.75) is 25.8 Å². The van der Waals surface area contributed by atoms with Crippen LogP contribution >= 0.6 is 0 Å². The Hall–Kier alpha value is -1.02. The van der Waals surface area contributed by atoms with Crippen molar-refractivity contribution in [1.82, 2.24) is 5.32 Å². The van der Waals surface area contributed by atoms with Crippen molar-refractivity contribution in [2.75, 3.05) is 25.0 Å². The van der Waals surface area contributed by atoms with Gasteiger partial charge in [0, 0.05) is 31.9 Å². The molecule has 1 saturated carbocycles. The van der Waals surface area contributed by atoms with E-state index in [0.29, 0.717) is 0 Å². The number of hydrogen-bond donors (Lipinski definition) is 1. The van der Waals surface area contributed by atoms with Crippen LogP contribution in [-0.4, -0.2) is 26.2 Å². The van der Waals surface area contributed by atoms with E-state index in [9.17, 15) is 0 Å². The Labute approximate surface area is 92.3 Å². The molecule has 82 valence electrons. The highest BCUT2D eigenvalue weighted by molar-refractivity contribution is 5.47. The molecule has 1 aliphatic carbocycles. The first-order valence-corrected chi connectivity index (χ1v) is 5.77. The zero-order chi connectivity index (χ0) is 10.7. The molecular formula is C13H20N2. The van der Waals surface area contributed by atoms with Crippen LogP contribution in [0.4, 0.5) is 5.69 Å². The number of nitrogens with zero attached hydrogens (tertiary/aromatic N) is 1. The van der Waals surface area contributed by atoms with Gasteiger partial charge in [-0.2, -0.15) is 0 Å². The van der Waals surface area contributed by atoms with Crippen LogP contribution in [0.25, 0.3) is 0 Å². The minimum absolute atomic E-state index is 0.816. The Kier molecular flexibility index (Phi) is 3.27. The summed E-state index contributed by atoms with van der Waals surface area (Å²) in [6.07, 6.45) is 2.74. The summed E-state index contributed by atoms with van der Waals surface area (Å²) in [6.45, 7) is 4.31. The van der Waals surface area contributed by atoms with E-state index < -0.39 is 0 Å². The molecule has 1 N–H and O–H groups in total. The second-order valence-corrected chi connectivity index (χ2v) is 4.49. The van der Waals surface area contributed by atoms with Gasteiger partial charge in [0.05, 0.1) is 0 Å². The molecular weight excluding hydrogens is 184 g/mol. The third-order valence-electron chi connectivity index (χ3n) is 2.90. The van der Waals surface area contributed by atoms with E-state index in [-0.39, 0.29) is 0 Å². The summed E-state index contributed by atoms with van der Waals surface area (Å²) in [7, 11) is 2.16. The van der Waals surface area contributed by atoms with Gasteiger partial charge >= 0.3 is 0 Å². The highest BCUT2D eigenvalue weighted by Crippen LogP contribution is 2.18. The average molecular weight is 204 g/mol. The van der Waals surface area contributed by atoms with E-state index >= 15 is 0 Å². The molecule has 1 aliphatic rings. The van der Waals surface area contributed by atoms with E-state index in [0.717, 1.165) is 19.1 Å². The highest BCUT2D eigenvalue weighted by atomic mass is 15.1. The molecule has 0 atom stereocenters. The van der Waals surface area contributed by atoms with Gasteiger partial charge < -0.3 is 10.2 Å².